The van der Waals surface area contributed by atoms with Gasteiger partial charge in [-0.15, -0.1) is 5.10 Å². The molecule has 4 aromatic rings. The number of tetrazole rings is 1. The highest BCUT2D eigenvalue weighted by molar-refractivity contribution is 6.34. The minimum absolute atomic E-state index is 0.276. The molecule has 0 radical (unpaired) electrons. The van der Waals surface area contributed by atoms with E-state index in [1.54, 1.807) is 18.2 Å². The number of fused-ring (bicyclic) bond motifs is 1. The minimum atomic E-state index is -0.282. The zero-order valence-corrected chi connectivity index (χ0v) is 14.5. The largest absolute Gasteiger partial charge is 0.345 e. The highest BCUT2D eigenvalue weighted by atomic mass is 35.5. The standard InChI is InChI=1S/C17H14ClN7O/c1-10-3-2-4-14-16(10)22-15(21-14)8-19-17(26)12-6-5-11(7-13(12)18)25-9-20-23-24-25/h2-7,9H,8H2,1H3,(H,19,26)(H,21,22). The number of aromatic nitrogens is 6. The number of nitrogens with zero attached hydrogens (tertiary/aromatic N) is 5. The summed E-state index contributed by atoms with van der Waals surface area (Å²) in [5.41, 5.74) is 3.97. The van der Waals surface area contributed by atoms with Crippen molar-refractivity contribution in [2.24, 2.45) is 0 Å². The van der Waals surface area contributed by atoms with Crippen LogP contribution in [0.3, 0.4) is 0 Å². The summed E-state index contributed by atoms with van der Waals surface area (Å²) in [7, 11) is 0. The van der Waals surface area contributed by atoms with Crippen molar-refractivity contribution in [2.45, 2.75) is 13.5 Å². The molecule has 0 saturated carbocycles. The van der Waals surface area contributed by atoms with Gasteiger partial charge in [-0.25, -0.2) is 9.67 Å². The van der Waals surface area contributed by atoms with Crippen LogP contribution in [-0.2, 0) is 6.54 Å². The first-order chi connectivity index (χ1) is 12.6. The molecule has 4 rings (SSSR count). The number of nitrogens with one attached hydrogen (secondary N) is 2. The van der Waals surface area contributed by atoms with E-state index in [1.165, 1.54) is 11.0 Å². The number of aromatic amines is 1. The summed E-state index contributed by atoms with van der Waals surface area (Å²) < 4.78 is 1.46. The summed E-state index contributed by atoms with van der Waals surface area (Å²) in [6, 6.07) is 10.9. The number of rotatable bonds is 4. The summed E-state index contributed by atoms with van der Waals surface area (Å²) in [5, 5.41) is 14.1. The Labute approximate surface area is 153 Å². The summed E-state index contributed by atoms with van der Waals surface area (Å²) in [6.07, 6.45) is 1.45. The molecule has 0 aliphatic rings. The molecular formula is C17H14ClN7O. The maximum Gasteiger partial charge on any atom is 0.253 e. The van der Waals surface area contributed by atoms with Crippen molar-refractivity contribution >= 4 is 28.5 Å². The van der Waals surface area contributed by atoms with Crippen molar-refractivity contribution in [1.82, 2.24) is 35.5 Å². The molecule has 2 aromatic carbocycles. The van der Waals surface area contributed by atoms with Crippen LogP contribution in [0.1, 0.15) is 21.7 Å². The van der Waals surface area contributed by atoms with Gasteiger partial charge in [-0.3, -0.25) is 4.79 Å². The number of hydrogen-bond acceptors (Lipinski definition) is 5. The van der Waals surface area contributed by atoms with Gasteiger partial charge in [0.15, 0.2) is 0 Å². The first kappa shape index (κ1) is 16.2. The number of carbonyl (C=O) groups is 1. The van der Waals surface area contributed by atoms with E-state index in [4.69, 9.17) is 11.6 Å². The molecule has 0 saturated heterocycles. The van der Waals surface area contributed by atoms with Gasteiger partial charge >= 0.3 is 0 Å². The van der Waals surface area contributed by atoms with Gasteiger partial charge in [0.25, 0.3) is 5.91 Å². The third kappa shape index (κ3) is 3.02. The Hall–Kier alpha value is -3.26. The van der Waals surface area contributed by atoms with Gasteiger partial charge in [0, 0.05) is 0 Å². The lowest BCUT2D eigenvalue weighted by Gasteiger charge is -2.07. The molecule has 2 N–H and O–H groups in total. The van der Waals surface area contributed by atoms with Crippen LogP contribution in [-0.4, -0.2) is 36.1 Å². The summed E-state index contributed by atoms with van der Waals surface area (Å²) in [4.78, 5) is 20.2. The van der Waals surface area contributed by atoms with E-state index in [0.717, 1.165) is 16.6 Å². The van der Waals surface area contributed by atoms with Crippen molar-refractivity contribution in [3.63, 3.8) is 0 Å². The molecule has 130 valence electrons. The van der Waals surface area contributed by atoms with Crippen molar-refractivity contribution in [2.75, 3.05) is 0 Å². The quantitative estimate of drug-likeness (QED) is 0.576. The first-order valence-corrected chi connectivity index (χ1v) is 8.25. The maximum atomic E-state index is 12.4. The van der Waals surface area contributed by atoms with Crippen LogP contribution in [0.25, 0.3) is 16.7 Å². The molecule has 0 fully saturated rings. The summed E-state index contributed by atoms with van der Waals surface area (Å²) in [6.45, 7) is 2.27. The lowest BCUT2D eigenvalue weighted by atomic mass is 10.2. The molecule has 0 atom stereocenters. The van der Waals surface area contributed by atoms with Crippen LogP contribution in [0.5, 0.6) is 0 Å². The highest BCUT2D eigenvalue weighted by Crippen LogP contribution is 2.20. The molecule has 2 heterocycles. The number of hydrogen-bond donors (Lipinski definition) is 2. The average molecular weight is 368 g/mol. The topological polar surface area (TPSA) is 101 Å². The van der Waals surface area contributed by atoms with Crippen LogP contribution >= 0.6 is 11.6 Å². The highest BCUT2D eigenvalue weighted by Gasteiger charge is 2.13. The average Bonchev–Trinajstić information content (AvgIpc) is 3.30. The molecule has 8 nitrogen and oxygen atoms in total. The second-order valence-electron chi connectivity index (χ2n) is 5.76. The number of carbonyl (C=O) groups excluding carboxylic acids is 1. The van der Waals surface area contributed by atoms with Gasteiger partial charge in [0.2, 0.25) is 0 Å². The van der Waals surface area contributed by atoms with Gasteiger partial charge < -0.3 is 10.3 Å². The van der Waals surface area contributed by atoms with Gasteiger partial charge in [0.1, 0.15) is 12.2 Å². The van der Waals surface area contributed by atoms with Gasteiger partial charge in [-0.1, -0.05) is 23.7 Å². The molecule has 1 amide bonds. The van der Waals surface area contributed by atoms with E-state index in [0.29, 0.717) is 22.1 Å². The molecule has 26 heavy (non-hydrogen) atoms. The number of benzene rings is 2. The zero-order chi connectivity index (χ0) is 18.1. The van der Waals surface area contributed by atoms with Crippen LogP contribution in [0.4, 0.5) is 0 Å². The minimum Gasteiger partial charge on any atom is -0.345 e. The zero-order valence-electron chi connectivity index (χ0n) is 13.8. The molecular weight excluding hydrogens is 354 g/mol. The lowest BCUT2D eigenvalue weighted by molar-refractivity contribution is 0.0950. The van der Waals surface area contributed by atoms with Gasteiger partial charge in [0.05, 0.1) is 33.9 Å². The maximum absolute atomic E-state index is 12.4. The Morgan fingerprint density at radius 2 is 2.19 bits per heavy atom. The van der Waals surface area contributed by atoms with E-state index < -0.39 is 0 Å². The third-order valence-corrected chi connectivity index (χ3v) is 4.30. The van der Waals surface area contributed by atoms with E-state index in [1.807, 2.05) is 25.1 Å². The van der Waals surface area contributed by atoms with Crippen molar-refractivity contribution < 1.29 is 4.79 Å². The van der Waals surface area contributed by atoms with Crippen LogP contribution in [0.2, 0.25) is 5.02 Å². The third-order valence-electron chi connectivity index (χ3n) is 3.99. The van der Waals surface area contributed by atoms with Crippen molar-refractivity contribution in [3.8, 4) is 5.69 Å². The molecule has 9 heteroatoms. The first-order valence-electron chi connectivity index (χ1n) is 7.87. The van der Waals surface area contributed by atoms with Gasteiger partial charge in [-0.2, -0.15) is 0 Å². The van der Waals surface area contributed by atoms with E-state index in [9.17, 15) is 4.79 Å². The number of para-hydroxylation sites is 1. The Morgan fingerprint density at radius 3 is 2.92 bits per heavy atom. The predicted octanol–water partition coefficient (Wildman–Crippen LogP) is 2.43. The second-order valence-corrected chi connectivity index (χ2v) is 6.16. The summed E-state index contributed by atoms with van der Waals surface area (Å²) >= 11 is 6.24. The van der Waals surface area contributed by atoms with Crippen molar-refractivity contribution in [3.05, 3.63) is 64.7 Å². The SMILES string of the molecule is Cc1cccc2[nH]c(CNC(=O)c3ccc(-n4cnnn4)cc3Cl)nc12. The Morgan fingerprint density at radius 1 is 1.31 bits per heavy atom. The van der Waals surface area contributed by atoms with Crippen molar-refractivity contribution in [1.29, 1.82) is 0 Å². The smallest absolute Gasteiger partial charge is 0.253 e. The fraction of sp³-hybridized carbons (Fsp3) is 0.118. The molecule has 2 aromatic heterocycles. The number of aryl methyl sites for hydroxylation is 1. The Kier molecular flexibility index (Phi) is 4.10. The molecule has 0 aliphatic heterocycles. The van der Waals surface area contributed by atoms with Gasteiger partial charge in [-0.05, 0) is 47.2 Å². The van der Waals surface area contributed by atoms with E-state index in [-0.39, 0.29) is 12.5 Å². The Balaban J connectivity index is 1.50. The monoisotopic (exact) mass is 367 g/mol. The van der Waals surface area contributed by atoms with E-state index >= 15 is 0 Å². The number of halogens is 1. The fourth-order valence-electron chi connectivity index (χ4n) is 2.68. The fourth-order valence-corrected chi connectivity index (χ4v) is 2.94. The lowest BCUT2D eigenvalue weighted by Crippen LogP contribution is -2.23. The van der Waals surface area contributed by atoms with E-state index in [2.05, 4.69) is 30.8 Å². The predicted molar refractivity (Wildman–Crippen MR) is 96.2 cm³/mol. The number of H-pyrrole nitrogens is 1. The molecule has 0 aliphatic carbocycles. The second kappa shape index (κ2) is 6.57. The van der Waals surface area contributed by atoms with Crippen LogP contribution in [0, 0.1) is 6.92 Å². The summed E-state index contributed by atoms with van der Waals surface area (Å²) in [5.74, 6) is 0.402. The molecule has 0 bridgehead atoms. The normalized spacial score (nSPS) is 11.0. The Bertz CT molecular complexity index is 1090. The number of amides is 1. The van der Waals surface area contributed by atoms with Crippen LogP contribution in [0.15, 0.2) is 42.7 Å². The molecule has 0 spiro atoms. The van der Waals surface area contributed by atoms with Crippen LogP contribution < -0.4 is 5.32 Å². The number of imidazole rings is 1. The molecule has 0 unspecified atom stereocenters.